The summed E-state index contributed by atoms with van der Waals surface area (Å²) in [6, 6.07) is 15.0. The zero-order chi connectivity index (χ0) is 18.1. The third kappa shape index (κ3) is 3.34. The Kier molecular flexibility index (Phi) is 4.44. The number of rotatable bonds is 4. The molecule has 4 aromatic rings. The molecule has 2 aromatic carbocycles. The molecular formula is C19H14ClN3O2S. The molecular weight excluding hydrogens is 370 g/mol. The molecule has 0 spiro atoms. The Balaban J connectivity index is 1.51. The second-order valence-corrected chi connectivity index (χ2v) is 7.42. The Labute approximate surface area is 158 Å². The number of aryl methyl sites for hydroxylation is 1. The number of nitrogens with one attached hydrogen (secondary N) is 1. The Morgan fingerprint density at radius 3 is 2.77 bits per heavy atom. The molecule has 26 heavy (non-hydrogen) atoms. The summed E-state index contributed by atoms with van der Waals surface area (Å²) in [5.74, 6) is -0.180. The van der Waals surface area contributed by atoms with Crippen molar-refractivity contribution >= 4 is 44.9 Å². The van der Waals surface area contributed by atoms with Gasteiger partial charge in [-0.2, -0.15) is 0 Å². The number of carbonyl (C=O) groups is 1. The van der Waals surface area contributed by atoms with Crippen LogP contribution in [0.2, 0.25) is 5.02 Å². The van der Waals surface area contributed by atoms with Crippen LogP contribution in [0.25, 0.3) is 22.2 Å². The molecule has 0 saturated heterocycles. The highest BCUT2D eigenvalue weighted by Crippen LogP contribution is 2.31. The molecule has 0 bridgehead atoms. The van der Waals surface area contributed by atoms with E-state index in [0.717, 1.165) is 21.5 Å². The predicted molar refractivity (Wildman–Crippen MR) is 104 cm³/mol. The molecule has 0 aliphatic heterocycles. The van der Waals surface area contributed by atoms with Crippen molar-refractivity contribution in [2.24, 2.45) is 0 Å². The van der Waals surface area contributed by atoms with E-state index in [4.69, 9.17) is 16.1 Å². The van der Waals surface area contributed by atoms with Crippen molar-refractivity contribution in [3.05, 3.63) is 64.1 Å². The van der Waals surface area contributed by atoms with Gasteiger partial charge in [0.25, 0.3) is 0 Å². The van der Waals surface area contributed by atoms with E-state index < -0.39 is 0 Å². The molecule has 0 unspecified atom stereocenters. The number of aromatic nitrogens is 2. The molecule has 5 nitrogen and oxygen atoms in total. The zero-order valence-corrected chi connectivity index (χ0v) is 15.4. The molecule has 1 amide bonds. The molecule has 0 fully saturated rings. The van der Waals surface area contributed by atoms with E-state index in [1.807, 2.05) is 55.5 Å². The maximum Gasteiger partial charge on any atom is 0.232 e. The average molecular weight is 384 g/mol. The van der Waals surface area contributed by atoms with Gasteiger partial charge in [-0.25, -0.2) is 4.98 Å². The third-order valence-corrected chi connectivity index (χ3v) is 5.08. The van der Waals surface area contributed by atoms with E-state index in [1.165, 1.54) is 11.3 Å². The van der Waals surface area contributed by atoms with Crippen LogP contribution in [0.1, 0.15) is 10.6 Å². The van der Waals surface area contributed by atoms with Gasteiger partial charge in [0.2, 0.25) is 5.91 Å². The molecule has 4 rings (SSSR count). The number of anilines is 1. The van der Waals surface area contributed by atoms with Crippen molar-refractivity contribution in [1.82, 2.24) is 10.1 Å². The van der Waals surface area contributed by atoms with E-state index in [2.05, 4.69) is 15.5 Å². The van der Waals surface area contributed by atoms with Crippen LogP contribution in [0, 0.1) is 6.92 Å². The molecule has 0 aliphatic carbocycles. The van der Waals surface area contributed by atoms with Crippen LogP contribution in [-0.4, -0.2) is 16.0 Å². The van der Waals surface area contributed by atoms with Crippen LogP contribution in [0.4, 0.5) is 5.13 Å². The lowest BCUT2D eigenvalue weighted by atomic mass is 10.1. The first-order chi connectivity index (χ1) is 12.6. The number of amides is 1. The summed E-state index contributed by atoms with van der Waals surface area (Å²) in [6.45, 7) is 1.97. The number of halogens is 1. The maximum atomic E-state index is 12.4. The van der Waals surface area contributed by atoms with Gasteiger partial charge < -0.3 is 9.84 Å². The molecule has 7 heteroatoms. The van der Waals surface area contributed by atoms with Crippen molar-refractivity contribution in [3.63, 3.8) is 0 Å². The lowest BCUT2D eigenvalue weighted by molar-refractivity contribution is -0.115. The number of fused-ring (bicyclic) bond motifs is 1. The van der Waals surface area contributed by atoms with E-state index in [1.54, 1.807) is 0 Å². The van der Waals surface area contributed by atoms with Crippen LogP contribution in [-0.2, 0) is 11.2 Å². The maximum absolute atomic E-state index is 12.4. The summed E-state index contributed by atoms with van der Waals surface area (Å²) < 4.78 is 5.24. The van der Waals surface area contributed by atoms with Crippen molar-refractivity contribution in [2.45, 2.75) is 13.3 Å². The first-order valence-corrected chi connectivity index (χ1v) is 9.16. The van der Waals surface area contributed by atoms with Gasteiger partial charge in [0, 0.05) is 20.8 Å². The largest absolute Gasteiger partial charge is 0.356 e. The van der Waals surface area contributed by atoms with Crippen molar-refractivity contribution in [3.8, 4) is 11.3 Å². The molecule has 2 aromatic heterocycles. The Bertz CT molecular complexity index is 1090. The predicted octanol–water partition coefficient (Wildman–Crippen LogP) is 5.09. The summed E-state index contributed by atoms with van der Waals surface area (Å²) in [5, 5.41) is 8.92. The van der Waals surface area contributed by atoms with Gasteiger partial charge in [0.05, 0.1) is 12.1 Å². The van der Waals surface area contributed by atoms with Crippen molar-refractivity contribution in [2.75, 3.05) is 5.32 Å². The smallest absolute Gasteiger partial charge is 0.232 e. The Hall–Kier alpha value is -2.70. The van der Waals surface area contributed by atoms with Gasteiger partial charge in [0.15, 0.2) is 10.7 Å². The van der Waals surface area contributed by atoms with Gasteiger partial charge in [-0.05, 0) is 31.2 Å². The van der Waals surface area contributed by atoms with Crippen molar-refractivity contribution < 1.29 is 9.32 Å². The van der Waals surface area contributed by atoms with E-state index >= 15 is 0 Å². The fraction of sp³-hybridized carbons (Fsp3) is 0.105. The lowest BCUT2D eigenvalue weighted by Gasteiger charge is -2.00. The molecule has 1 N–H and O–H groups in total. The topological polar surface area (TPSA) is 68.0 Å². The number of benzene rings is 2. The number of para-hydroxylation sites is 1. The third-order valence-electron chi connectivity index (χ3n) is 3.94. The van der Waals surface area contributed by atoms with Crippen LogP contribution < -0.4 is 5.32 Å². The highest BCUT2D eigenvalue weighted by molar-refractivity contribution is 7.16. The Morgan fingerprint density at radius 2 is 1.96 bits per heavy atom. The van der Waals surface area contributed by atoms with E-state index in [-0.39, 0.29) is 12.3 Å². The normalized spacial score (nSPS) is 11.0. The minimum atomic E-state index is -0.180. The van der Waals surface area contributed by atoms with Crippen LogP contribution in [0.15, 0.2) is 53.1 Å². The van der Waals surface area contributed by atoms with Crippen molar-refractivity contribution in [1.29, 1.82) is 0 Å². The first-order valence-electron chi connectivity index (χ1n) is 7.96. The second-order valence-electron chi connectivity index (χ2n) is 5.78. The standard InChI is InChI=1S/C19H14ClN3O2S/c1-11-18(12-6-8-13(20)9-7-12)22-19(26-11)21-17(24)10-15-14-4-2-3-5-16(14)25-23-15/h2-9H,10H2,1H3,(H,21,22,24). The van der Waals surface area contributed by atoms with Gasteiger partial charge >= 0.3 is 0 Å². The Morgan fingerprint density at radius 1 is 1.19 bits per heavy atom. The summed E-state index contributed by atoms with van der Waals surface area (Å²) in [7, 11) is 0. The van der Waals surface area contributed by atoms with Gasteiger partial charge in [-0.1, -0.05) is 41.0 Å². The molecule has 0 atom stereocenters. The molecule has 0 aliphatic rings. The second kappa shape index (κ2) is 6.90. The number of nitrogens with zero attached hydrogens (tertiary/aromatic N) is 2. The summed E-state index contributed by atoms with van der Waals surface area (Å²) in [6.07, 6.45) is 0.131. The SMILES string of the molecule is Cc1sc(NC(=O)Cc2noc3ccccc23)nc1-c1ccc(Cl)cc1. The zero-order valence-electron chi connectivity index (χ0n) is 13.8. The molecule has 0 saturated carbocycles. The van der Waals surface area contributed by atoms with Gasteiger partial charge in [-0.3, -0.25) is 4.79 Å². The fourth-order valence-corrected chi connectivity index (χ4v) is 3.68. The number of thiazole rings is 1. The summed E-state index contributed by atoms with van der Waals surface area (Å²) >= 11 is 7.37. The average Bonchev–Trinajstić information content (AvgIpc) is 3.19. The monoisotopic (exact) mass is 383 g/mol. The summed E-state index contributed by atoms with van der Waals surface area (Å²) in [4.78, 5) is 17.9. The number of hydrogen-bond donors (Lipinski definition) is 1. The van der Waals surface area contributed by atoms with E-state index in [9.17, 15) is 4.79 Å². The molecule has 130 valence electrons. The highest BCUT2D eigenvalue weighted by Gasteiger charge is 2.15. The van der Waals surface area contributed by atoms with Gasteiger partial charge in [-0.15, -0.1) is 11.3 Å². The van der Waals surface area contributed by atoms with E-state index in [0.29, 0.717) is 21.4 Å². The number of hydrogen-bond acceptors (Lipinski definition) is 5. The lowest BCUT2D eigenvalue weighted by Crippen LogP contribution is -2.14. The van der Waals surface area contributed by atoms with Gasteiger partial charge in [0.1, 0.15) is 5.69 Å². The van der Waals surface area contributed by atoms with Crippen LogP contribution in [0.3, 0.4) is 0 Å². The van der Waals surface area contributed by atoms with Crippen LogP contribution >= 0.6 is 22.9 Å². The van der Waals surface area contributed by atoms with Crippen LogP contribution in [0.5, 0.6) is 0 Å². The minimum Gasteiger partial charge on any atom is -0.356 e. The fourth-order valence-electron chi connectivity index (χ4n) is 2.71. The number of carbonyl (C=O) groups excluding carboxylic acids is 1. The highest BCUT2D eigenvalue weighted by atomic mass is 35.5. The molecule has 0 radical (unpaired) electrons. The quantitative estimate of drug-likeness (QED) is 0.532. The first kappa shape index (κ1) is 16.8. The summed E-state index contributed by atoms with van der Waals surface area (Å²) in [5.41, 5.74) is 3.09. The minimum absolute atomic E-state index is 0.131. The molecule has 2 heterocycles.